The normalized spacial score (nSPS) is 12.2. The molecule has 0 spiro atoms. The number of nitrogens with one attached hydrogen (secondary N) is 1. The first-order chi connectivity index (χ1) is 7.95. The Hall–Kier alpha value is -1.47. The molecule has 0 aliphatic carbocycles. The number of anilines is 1. The Morgan fingerprint density at radius 3 is 2.71 bits per heavy atom. The number of nitro groups is 1. The molecule has 0 fully saturated rings. The summed E-state index contributed by atoms with van der Waals surface area (Å²) in [6.07, 6.45) is -0.130. The van der Waals surface area contributed by atoms with Crippen molar-refractivity contribution in [3.05, 3.63) is 21.1 Å². The van der Waals surface area contributed by atoms with Crippen molar-refractivity contribution < 1.29 is 10.0 Å². The van der Waals surface area contributed by atoms with Crippen molar-refractivity contribution >= 4 is 23.1 Å². The van der Waals surface area contributed by atoms with Gasteiger partial charge in [0.2, 0.25) is 11.0 Å². The number of aliphatic hydroxyl groups is 1. The van der Waals surface area contributed by atoms with Gasteiger partial charge in [0.15, 0.2) is 0 Å². The van der Waals surface area contributed by atoms with Crippen LogP contribution in [-0.2, 0) is 6.42 Å². The predicted molar refractivity (Wildman–Crippen MR) is 63.2 cm³/mol. The lowest BCUT2D eigenvalue weighted by Gasteiger charge is -2.09. The van der Waals surface area contributed by atoms with Gasteiger partial charge in [-0.3, -0.25) is 10.1 Å². The van der Waals surface area contributed by atoms with Crippen LogP contribution in [0, 0.1) is 10.1 Å². The van der Waals surface area contributed by atoms with Crippen molar-refractivity contribution in [2.24, 2.45) is 0 Å². The molecule has 1 heterocycles. The highest BCUT2D eigenvalue weighted by Gasteiger charge is 2.23. The molecule has 1 rings (SSSR count). The van der Waals surface area contributed by atoms with Crippen LogP contribution in [0.1, 0.15) is 19.7 Å². The average Bonchev–Trinajstić information content (AvgIpc) is 2.24. The Labute approximate surface area is 103 Å². The molecular formula is C9H13ClN4O3. The Kier molecular flexibility index (Phi) is 4.59. The van der Waals surface area contributed by atoms with Crippen molar-refractivity contribution in [2.45, 2.75) is 26.4 Å². The van der Waals surface area contributed by atoms with E-state index in [0.717, 1.165) is 0 Å². The first kappa shape index (κ1) is 13.6. The van der Waals surface area contributed by atoms with Gasteiger partial charge in [-0.2, -0.15) is 0 Å². The van der Waals surface area contributed by atoms with Gasteiger partial charge in [-0.25, -0.2) is 9.97 Å². The van der Waals surface area contributed by atoms with Gasteiger partial charge >= 0.3 is 5.69 Å². The molecule has 1 aromatic rings. The maximum atomic E-state index is 10.8. The van der Waals surface area contributed by atoms with Crippen molar-refractivity contribution in [2.75, 3.05) is 11.9 Å². The maximum absolute atomic E-state index is 10.8. The fraction of sp³-hybridized carbons (Fsp3) is 0.556. The van der Waals surface area contributed by atoms with E-state index in [9.17, 15) is 10.1 Å². The summed E-state index contributed by atoms with van der Waals surface area (Å²) in [5.41, 5.74) is -0.371. The second-order valence-electron chi connectivity index (χ2n) is 3.47. The maximum Gasteiger partial charge on any atom is 0.348 e. The summed E-state index contributed by atoms with van der Waals surface area (Å²) >= 11 is 5.73. The summed E-state index contributed by atoms with van der Waals surface area (Å²) in [5, 5.41) is 22.4. The third kappa shape index (κ3) is 3.50. The molecule has 0 aliphatic heterocycles. The molecule has 0 aromatic carbocycles. The van der Waals surface area contributed by atoms with E-state index in [1.54, 1.807) is 6.92 Å². The number of rotatable bonds is 5. The minimum atomic E-state index is -0.647. The van der Waals surface area contributed by atoms with E-state index in [-0.39, 0.29) is 23.2 Å². The van der Waals surface area contributed by atoms with Crippen molar-refractivity contribution in [3.8, 4) is 0 Å². The van der Waals surface area contributed by atoms with E-state index < -0.39 is 11.0 Å². The third-order valence-electron chi connectivity index (χ3n) is 1.95. The highest BCUT2D eigenvalue weighted by Crippen LogP contribution is 2.29. The minimum Gasteiger partial charge on any atom is -0.392 e. The smallest absolute Gasteiger partial charge is 0.348 e. The zero-order valence-electron chi connectivity index (χ0n) is 9.47. The van der Waals surface area contributed by atoms with Gasteiger partial charge in [0, 0.05) is 13.0 Å². The lowest BCUT2D eigenvalue weighted by Crippen LogP contribution is -2.18. The predicted octanol–water partition coefficient (Wildman–Crippen LogP) is 1.39. The molecule has 0 radical (unpaired) electrons. The summed E-state index contributed by atoms with van der Waals surface area (Å²) in [6, 6.07) is 0. The molecule has 8 heteroatoms. The largest absolute Gasteiger partial charge is 0.392 e. The summed E-state index contributed by atoms with van der Waals surface area (Å²) in [4.78, 5) is 18.0. The number of halogens is 1. The Morgan fingerprint density at radius 1 is 1.59 bits per heavy atom. The lowest BCUT2D eigenvalue weighted by molar-refractivity contribution is -0.384. The first-order valence-electron chi connectivity index (χ1n) is 5.08. The van der Waals surface area contributed by atoms with Crippen LogP contribution in [0.15, 0.2) is 0 Å². The molecule has 1 atom stereocenters. The van der Waals surface area contributed by atoms with Crippen LogP contribution in [0.3, 0.4) is 0 Å². The minimum absolute atomic E-state index is 0.0350. The average molecular weight is 261 g/mol. The summed E-state index contributed by atoms with van der Waals surface area (Å²) in [5.74, 6) is 0.446. The van der Waals surface area contributed by atoms with Gasteiger partial charge in [0.25, 0.3) is 0 Å². The second kappa shape index (κ2) is 5.74. The van der Waals surface area contributed by atoms with E-state index in [1.807, 2.05) is 6.92 Å². The highest BCUT2D eigenvalue weighted by atomic mass is 35.5. The molecular weight excluding hydrogens is 248 g/mol. The number of nitrogens with zero attached hydrogens (tertiary/aromatic N) is 3. The van der Waals surface area contributed by atoms with Gasteiger partial charge in [-0.1, -0.05) is 18.5 Å². The number of hydrogen-bond acceptors (Lipinski definition) is 6. The Morgan fingerprint density at radius 2 is 2.24 bits per heavy atom. The lowest BCUT2D eigenvalue weighted by atomic mass is 10.3. The first-order valence-corrected chi connectivity index (χ1v) is 5.46. The quantitative estimate of drug-likeness (QED) is 0.471. The highest BCUT2D eigenvalue weighted by molar-refractivity contribution is 6.31. The molecule has 1 unspecified atom stereocenters. The van der Waals surface area contributed by atoms with Gasteiger partial charge in [0.05, 0.1) is 11.0 Å². The Bertz CT molecular complexity index is 425. The molecule has 94 valence electrons. The van der Waals surface area contributed by atoms with Crippen molar-refractivity contribution in [3.63, 3.8) is 0 Å². The number of aromatic nitrogens is 2. The second-order valence-corrected chi connectivity index (χ2v) is 3.83. The molecule has 7 nitrogen and oxygen atoms in total. The fourth-order valence-corrected chi connectivity index (χ4v) is 1.41. The Balaban J connectivity index is 3.13. The zero-order chi connectivity index (χ0) is 13.0. The zero-order valence-corrected chi connectivity index (χ0v) is 10.2. The van der Waals surface area contributed by atoms with E-state index >= 15 is 0 Å². The summed E-state index contributed by atoms with van der Waals surface area (Å²) in [7, 11) is 0. The molecule has 0 amide bonds. The molecule has 17 heavy (non-hydrogen) atoms. The molecule has 0 saturated heterocycles. The summed E-state index contributed by atoms with van der Waals surface area (Å²) in [6.45, 7) is 3.52. The van der Waals surface area contributed by atoms with Crippen LogP contribution in [0.2, 0.25) is 5.15 Å². The topological polar surface area (TPSA) is 101 Å². The van der Waals surface area contributed by atoms with Gasteiger partial charge < -0.3 is 10.4 Å². The van der Waals surface area contributed by atoms with Gasteiger partial charge in [-0.05, 0) is 6.92 Å². The van der Waals surface area contributed by atoms with Crippen LogP contribution in [0.4, 0.5) is 11.5 Å². The molecule has 0 aliphatic rings. The van der Waals surface area contributed by atoms with E-state index in [0.29, 0.717) is 12.2 Å². The van der Waals surface area contributed by atoms with Crippen LogP contribution in [-0.4, -0.2) is 32.6 Å². The van der Waals surface area contributed by atoms with Crippen LogP contribution < -0.4 is 5.32 Å². The van der Waals surface area contributed by atoms with Gasteiger partial charge in [0.1, 0.15) is 5.82 Å². The molecule has 1 aromatic heterocycles. The molecule has 2 N–H and O–H groups in total. The van der Waals surface area contributed by atoms with E-state index in [1.165, 1.54) is 0 Å². The summed E-state index contributed by atoms with van der Waals surface area (Å²) < 4.78 is 0. The fourth-order valence-electron chi connectivity index (χ4n) is 1.16. The van der Waals surface area contributed by atoms with E-state index in [4.69, 9.17) is 16.7 Å². The number of hydrogen-bond donors (Lipinski definition) is 2. The third-order valence-corrected chi connectivity index (χ3v) is 2.22. The molecule has 0 saturated carbocycles. The van der Waals surface area contributed by atoms with Crippen LogP contribution in [0.25, 0.3) is 0 Å². The van der Waals surface area contributed by atoms with E-state index in [2.05, 4.69) is 15.3 Å². The van der Waals surface area contributed by atoms with Crippen LogP contribution in [0.5, 0.6) is 0 Å². The van der Waals surface area contributed by atoms with Gasteiger partial charge in [-0.15, -0.1) is 0 Å². The standard InChI is InChI=1S/C9H13ClN4O3/c1-3-6-12-8(10)7(14(16)17)9(13-6)11-4-5(2)15/h5,15H,3-4H2,1-2H3,(H,11,12,13). The number of aliphatic hydroxyl groups excluding tert-OH is 1. The monoisotopic (exact) mass is 260 g/mol. The van der Waals surface area contributed by atoms with Crippen molar-refractivity contribution in [1.82, 2.24) is 9.97 Å². The SMILES string of the molecule is CCc1nc(Cl)c([N+](=O)[O-])c(NCC(C)O)n1. The number of aryl methyl sites for hydroxylation is 1. The molecule has 0 bridgehead atoms. The van der Waals surface area contributed by atoms with Crippen molar-refractivity contribution in [1.29, 1.82) is 0 Å². The van der Waals surface area contributed by atoms with Crippen LogP contribution >= 0.6 is 11.6 Å².